The Morgan fingerprint density at radius 1 is 1.42 bits per heavy atom. The van der Waals surface area contributed by atoms with E-state index in [0.717, 1.165) is 15.6 Å². The van der Waals surface area contributed by atoms with Gasteiger partial charge in [0.1, 0.15) is 5.69 Å². The summed E-state index contributed by atoms with van der Waals surface area (Å²) in [6, 6.07) is 3.59. The summed E-state index contributed by atoms with van der Waals surface area (Å²) in [6.45, 7) is 5.16. The van der Waals surface area contributed by atoms with Crippen molar-refractivity contribution >= 4 is 22.9 Å². The smallest absolute Gasteiger partial charge is 0.269 e. The van der Waals surface area contributed by atoms with Crippen molar-refractivity contribution in [3.05, 3.63) is 40.1 Å². The van der Waals surface area contributed by atoms with Crippen molar-refractivity contribution in [3.63, 3.8) is 0 Å². The first-order chi connectivity index (χ1) is 9.19. The van der Waals surface area contributed by atoms with Crippen LogP contribution in [-0.2, 0) is 6.54 Å². The summed E-state index contributed by atoms with van der Waals surface area (Å²) in [7, 11) is 0. The Morgan fingerprint density at radius 3 is 2.95 bits per heavy atom. The van der Waals surface area contributed by atoms with Gasteiger partial charge in [-0.2, -0.15) is 0 Å². The zero-order chi connectivity index (χ0) is 13.7. The van der Waals surface area contributed by atoms with E-state index in [0.29, 0.717) is 18.8 Å². The predicted molar refractivity (Wildman–Crippen MR) is 76.4 cm³/mol. The van der Waals surface area contributed by atoms with Crippen molar-refractivity contribution in [3.8, 4) is 0 Å². The van der Waals surface area contributed by atoms with E-state index in [1.807, 2.05) is 26.1 Å². The Kier molecular flexibility index (Phi) is 4.46. The fourth-order valence-electron chi connectivity index (χ4n) is 1.59. The molecule has 0 aliphatic rings. The molecule has 0 aromatic carbocycles. The fraction of sp³-hybridized carbons (Fsp3) is 0.308. The second-order valence-electron chi connectivity index (χ2n) is 3.99. The van der Waals surface area contributed by atoms with Crippen molar-refractivity contribution < 1.29 is 4.79 Å². The Labute approximate surface area is 116 Å². The average Bonchev–Trinajstić information content (AvgIpc) is 2.83. The van der Waals surface area contributed by atoms with Gasteiger partial charge in [0.2, 0.25) is 0 Å². The van der Waals surface area contributed by atoms with Crippen molar-refractivity contribution in [1.82, 2.24) is 15.3 Å². The van der Waals surface area contributed by atoms with Crippen LogP contribution in [0, 0.1) is 6.92 Å². The zero-order valence-corrected chi connectivity index (χ0v) is 11.8. The van der Waals surface area contributed by atoms with Crippen LogP contribution in [0.2, 0.25) is 0 Å². The van der Waals surface area contributed by atoms with Crippen molar-refractivity contribution in [2.24, 2.45) is 0 Å². The summed E-state index contributed by atoms with van der Waals surface area (Å²) in [5.74, 6) is -0.153. The summed E-state index contributed by atoms with van der Waals surface area (Å²) in [5, 5.41) is 7.04. The first-order valence-corrected chi connectivity index (χ1v) is 6.90. The number of carbonyl (C=O) groups excluding carboxylic acids is 1. The highest BCUT2D eigenvalue weighted by Crippen LogP contribution is 2.14. The van der Waals surface area contributed by atoms with E-state index < -0.39 is 0 Å². The highest BCUT2D eigenvalue weighted by atomic mass is 32.1. The normalized spacial score (nSPS) is 10.2. The number of hydrogen-bond acceptors (Lipinski definition) is 5. The molecule has 2 N–H and O–H groups in total. The summed E-state index contributed by atoms with van der Waals surface area (Å²) < 4.78 is 0. The molecule has 0 atom stereocenters. The molecule has 2 heterocycles. The number of carbonyl (C=O) groups is 1. The van der Waals surface area contributed by atoms with Gasteiger partial charge in [-0.15, -0.1) is 11.3 Å². The largest absolute Gasteiger partial charge is 0.380 e. The molecule has 0 unspecified atom stereocenters. The number of aromatic nitrogens is 2. The molecule has 6 heteroatoms. The molecule has 2 aromatic rings. The Balaban J connectivity index is 2.00. The molecule has 0 saturated carbocycles. The van der Waals surface area contributed by atoms with E-state index in [1.165, 1.54) is 0 Å². The van der Waals surface area contributed by atoms with Gasteiger partial charge in [0, 0.05) is 29.5 Å². The number of thiazole rings is 1. The Morgan fingerprint density at radius 2 is 2.26 bits per heavy atom. The highest BCUT2D eigenvalue weighted by molar-refractivity contribution is 7.11. The topological polar surface area (TPSA) is 66.9 Å². The van der Waals surface area contributed by atoms with Gasteiger partial charge >= 0.3 is 0 Å². The minimum Gasteiger partial charge on any atom is -0.380 e. The van der Waals surface area contributed by atoms with Crippen molar-refractivity contribution in [1.29, 1.82) is 0 Å². The first kappa shape index (κ1) is 13.5. The first-order valence-electron chi connectivity index (χ1n) is 6.08. The maximum Gasteiger partial charge on any atom is 0.269 e. The molecule has 100 valence electrons. The summed E-state index contributed by atoms with van der Waals surface area (Å²) in [5.41, 5.74) is 1.30. The average molecular weight is 276 g/mol. The third kappa shape index (κ3) is 3.75. The van der Waals surface area contributed by atoms with E-state index in [1.54, 1.807) is 23.6 Å². The van der Waals surface area contributed by atoms with Crippen LogP contribution in [0.1, 0.15) is 27.3 Å². The number of hydrogen-bond donors (Lipinski definition) is 2. The second-order valence-corrected chi connectivity index (χ2v) is 5.31. The lowest BCUT2D eigenvalue weighted by Gasteiger charge is -2.06. The lowest BCUT2D eigenvalue weighted by molar-refractivity contribution is 0.0951. The molecule has 0 aliphatic carbocycles. The third-order valence-corrected chi connectivity index (χ3v) is 3.38. The zero-order valence-electron chi connectivity index (χ0n) is 10.9. The number of amides is 1. The molecule has 0 saturated heterocycles. The lowest BCUT2D eigenvalue weighted by Crippen LogP contribution is -2.23. The number of anilines is 1. The predicted octanol–water partition coefficient (Wildman–Crippen LogP) is 2.21. The van der Waals surface area contributed by atoms with Gasteiger partial charge in [0.25, 0.3) is 5.91 Å². The molecule has 0 aliphatic heterocycles. The van der Waals surface area contributed by atoms with Crippen LogP contribution >= 0.6 is 11.3 Å². The number of aryl methyl sites for hydroxylation is 1. The second kappa shape index (κ2) is 6.29. The molecule has 0 radical (unpaired) electrons. The molecular formula is C13H16N4OS. The van der Waals surface area contributed by atoms with Crippen LogP contribution in [0.4, 0.5) is 5.69 Å². The monoisotopic (exact) mass is 276 g/mol. The van der Waals surface area contributed by atoms with Crippen LogP contribution in [0.15, 0.2) is 24.5 Å². The number of nitrogens with zero attached hydrogens (tertiary/aromatic N) is 2. The molecule has 2 rings (SSSR count). The van der Waals surface area contributed by atoms with Gasteiger partial charge in [-0.05, 0) is 26.0 Å². The summed E-state index contributed by atoms with van der Waals surface area (Å²) in [4.78, 5) is 21.1. The van der Waals surface area contributed by atoms with Crippen LogP contribution in [0.3, 0.4) is 0 Å². The van der Waals surface area contributed by atoms with Gasteiger partial charge in [0.15, 0.2) is 0 Å². The molecule has 5 nitrogen and oxygen atoms in total. The summed E-state index contributed by atoms with van der Waals surface area (Å²) in [6.07, 6.45) is 3.49. The molecule has 0 spiro atoms. The van der Waals surface area contributed by atoms with E-state index in [-0.39, 0.29) is 5.91 Å². The minimum absolute atomic E-state index is 0.153. The molecule has 2 aromatic heterocycles. The number of nitrogens with one attached hydrogen (secondary N) is 2. The lowest BCUT2D eigenvalue weighted by atomic mass is 10.3. The van der Waals surface area contributed by atoms with Gasteiger partial charge in [-0.1, -0.05) is 0 Å². The van der Waals surface area contributed by atoms with Gasteiger partial charge in [-0.3, -0.25) is 9.78 Å². The van der Waals surface area contributed by atoms with Crippen LogP contribution in [0.25, 0.3) is 0 Å². The minimum atomic E-state index is -0.153. The quantitative estimate of drug-likeness (QED) is 0.878. The Hall–Kier alpha value is -1.95. The van der Waals surface area contributed by atoms with Gasteiger partial charge < -0.3 is 10.6 Å². The molecule has 0 fully saturated rings. The molecule has 1 amide bonds. The van der Waals surface area contributed by atoms with Gasteiger partial charge in [0.05, 0.1) is 11.6 Å². The van der Waals surface area contributed by atoms with Crippen LogP contribution in [0.5, 0.6) is 0 Å². The van der Waals surface area contributed by atoms with E-state index >= 15 is 0 Å². The molecular weight excluding hydrogens is 260 g/mol. The van der Waals surface area contributed by atoms with Crippen molar-refractivity contribution in [2.75, 3.05) is 11.9 Å². The molecule has 0 bridgehead atoms. The fourth-order valence-corrected chi connectivity index (χ4v) is 2.33. The van der Waals surface area contributed by atoms with E-state index in [9.17, 15) is 4.79 Å². The standard InChI is InChI=1S/C13H16N4OS/c1-3-14-13(18)12-6-10(4-5-15-12)17-8-11-7-16-9(2)19-11/h4-7H,3,8H2,1-2H3,(H,14,18)(H,15,17). The number of rotatable bonds is 5. The Bertz CT molecular complexity index is 567. The highest BCUT2D eigenvalue weighted by Gasteiger charge is 2.06. The maximum atomic E-state index is 11.7. The molecule has 19 heavy (non-hydrogen) atoms. The summed E-state index contributed by atoms with van der Waals surface area (Å²) >= 11 is 1.66. The van der Waals surface area contributed by atoms with E-state index in [2.05, 4.69) is 20.6 Å². The van der Waals surface area contributed by atoms with Crippen LogP contribution < -0.4 is 10.6 Å². The number of pyridine rings is 1. The SMILES string of the molecule is CCNC(=O)c1cc(NCc2cnc(C)s2)ccn1. The maximum absolute atomic E-state index is 11.7. The van der Waals surface area contributed by atoms with Gasteiger partial charge in [-0.25, -0.2) is 4.98 Å². The third-order valence-electron chi connectivity index (χ3n) is 2.47. The van der Waals surface area contributed by atoms with Crippen molar-refractivity contribution in [2.45, 2.75) is 20.4 Å². The van der Waals surface area contributed by atoms with E-state index in [4.69, 9.17) is 0 Å². The van der Waals surface area contributed by atoms with Crippen LogP contribution in [-0.4, -0.2) is 22.4 Å².